The molecule has 0 radical (unpaired) electrons. The van der Waals surface area contributed by atoms with E-state index >= 15 is 0 Å². The molecule has 0 aliphatic carbocycles. The lowest BCUT2D eigenvalue weighted by molar-refractivity contribution is 0.468. The second-order valence-corrected chi connectivity index (χ2v) is 6.66. The maximum absolute atomic E-state index is 6.26. The van der Waals surface area contributed by atoms with Crippen molar-refractivity contribution in [1.29, 1.82) is 0 Å². The van der Waals surface area contributed by atoms with Crippen molar-refractivity contribution < 1.29 is 4.74 Å². The number of nitrogens with zero attached hydrogens (tertiary/aromatic N) is 3. The molecule has 0 saturated carbocycles. The number of aryl methyl sites for hydroxylation is 2. The van der Waals surface area contributed by atoms with Gasteiger partial charge in [0.2, 0.25) is 5.88 Å². The molecule has 0 amide bonds. The Kier molecular flexibility index (Phi) is 4.76. The van der Waals surface area contributed by atoms with Gasteiger partial charge in [-0.15, -0.1) is 0 Å². The topological polar surface area (TPSA) is 86.0 Å². The van der Waals surface area contributed by atoms with E-state index in [-0.39, 0.29) is 0 Å². The Morgan fingerprint density at radius 3 is 2.61 bits per heavy atom. The van der Waals surface area contributed by atoms with Gasteiger partial charge in [0.05, 0.1) is 0 Å². The molecule has 0 fully saturated rings. The number of rotatable bonds is 5. The fourth-order valence-electron chi connectivity index (χ4n) is 2.90. The molecule has 6 nitrogen and oxygen atoms in total. The van der Waals surface area contributed by atoms with Crippen molar-refractivity contribution in [1.82, 2.24) is 15.0 Å². The number of ether oxygens (including phenoxy) is 1. The van der Waals surface area contributed by atoms with E-state index < -0.39 is 0 Å². The van der Waals surface area contributed by atoms with Gasteiger partial charge in [-0.3, -0.25) is 0 Å². The minimum atomic E-state index is 0.303. The van der Waals surface area contributed by atoms with Crippen LogP contribution >= 0.6 is 0 Å². The second-order valence-electron chi connectivity index (χ2n) is 6.66. The number of para-hydroxylation sites is 1. The monoisotopic (exact) mass is 371 g/mol. The molecule has 0 aliphatic heterocycles. The number of nitrogens with one attached hydrogen (secondary N) is 1. The van der Waals surface area contributed by atoms with E-state index in [2.05, 4.69) is 51.5 Å². The van der Waals surface area contributed by atoms with Gasteiger partial charge in [0.15, 0.2) is 11.6 Å². The van der Waals surface area contributed by atoms with Crippen LogP contribution in [0, 0.1) is 13.8 Å². The fraction of sp³-hybridized carbons (Fsp3) is 0.136. The number of aromatic nitrogens is 3. The summed E-state index contributed by atoms with van der Waals surface area (Å²) in [5, 5.41) is 4.24. The molecular formula is C22H21N5O. The van der Waals surface area contributed by atoms with Crippen LogP contribution in [0.25, 0.3) is 10.9 Å². The van der Waals surface area contributed by atoms with Gasteiger partial charge in [-0.2, -0.15) is 4.98 Å². The Morgan fingerprint density at radius 2 is 1.79 bits per heavy atom. The summed E-state index contributed by atoms with van der Waals surface area (Å²) in [4.78, 5) is 13.0. The van der Waals surface area contributed by atoms with E-state index in [1.807, 2.05) is 37.3 Å². The highest BCUT2D eigenvalue weighted by Gasteiger charge is 2.12. The Morgan fingerprint density at radius 1 is 0.964 bits per heavy atom. The second kappa shape index (κ2) is 7.52. The van der Waals surface area contributed by atoms with Gasteiger partial charge in [0.1, 0.15) is 17.5 Å². The Labute approximate surface area is 163 Å². The van der Waals surface area contributed by atoms with E-state index in [1.54, 1.807) is 0 Å². The van der Waals surface area contributed by atoms with Gasteiger partial charge in [-0.1, -0.05) is 48.0 Å². The van der Waals surface area contributed by atoms with E-state index in [4.69, 9.17) is 10.5 Å². The standard InChI is InChI=1S/C22H21N5O/c1-14-6-9-16(10-7-14)12-24-21-19(23)22(26-13-25-21)28-18-5-3-4-17-11-8-15(2)27-20(17)18/h3-11,13H,12,23H2,1-2H3,(H,24,25,26). The van der Waals surface area contributed by atoms with Crippen LogP contribution in [0.2, 0.25) is 0 Å². The molecule has 4 aromatic rings. The first kappa shape index (κ1) is 17.7. The first-order valence-corrected chi connectivity index (χ1v) is 9.04. The Balaban J connectivity index is 1.59. The molecule has 2 aromatic carbocycles. The number of nitrogens with two attached hydrogens (primary N) is 1. The molecule has 0 unspecified atom stereocenters. The van der Waals surface area contributed by atoms with Crippen LogP contribution in [-0.4, -0.2) is 15.0 Å². The Hall–Kier alpha value is -3.67. The summed E-state index contributed by atoms with van der Waals surface area (Å²) in [7, 11) is 0. The van der Waals surface area contributed by atoms with Crippen LogP contribution in [0.3, 0.4) is 0 Å². The summed E-state index contributed by atoms with van der Waals surface area (Å²) in [6.07, 6.45) is 1.44. The third kappa shape index (κ3) is 3.71. The van der Waals surface area contributed by atoms with Crippen LogP contribution in [0.4, 0.5) is 11.5 Å². The molecule has 28 heavy (non-hydrogen) atoms. The molecular weight excluding hydrogens is 350 g/mol. The predicted molar refractivity (Wildman–Crippen MR) is 112 cm³/mol. The average Bonchev–Trinajstić information content (AvgIpc) is 2.70. The summed E-state index contributed by atoms with van der Waals surface area (Å²) in [5.41, 5.74) is 10.7. The van der Waals surface area contributed by atoms with Crippen LogP contribution < -0.4 is 15.8 Å². The van der Waals surface area contributed by atoms with Gasteiger partial charge >= 0.3 is 0 Å². The van der Waals surface area contributed by atoms with E-state index in [0.29, 0.717) is 29.7 Å². The number of benzene rings is 2. The minimum absolute atomic E-state index is 0.303. The van der Waals surface area contributed by atoms with Crippen molar-refractivity contribution >= 4 is 22.4 Å². The summed E-state index contributed by atoms with van der Waals surface area (Å²) < 4.78 is 6.01. The molecule has 2 heterocycles. The number of nitrogen functional groups attached to an aromatic ring is 1. The van der Waals surface area contributed by atoms with E-state index in [0.717, 1.165) is 22.2 Å². The van der Waals surface area contributed by atoms with Crippen molar-refractivity contribution in [3.8, 4) is 11.6 Å². The lowest BCUT2D eigenvalue weighted by atomic mass is 10.1. The largest absolute Gasteiger partial charge is 0.435 e. The van der Waals surface area contributed by atoms with Gasteiger partial charge < -0.3 is 15.8 Å². The first-order valence-electron chi connectivity index (χ1n) is 9.04. The number of fused-ring (bicyclic) bond motifs is 1. The molecule has 3 N–H and O–H groups in total. The smallest absolute Gasteiger partial charge is 0.248 e. The highest BCUT2D eigenvalue weighted by Crippen LogP contribution is 2.33. The van der Waals surface area contributed by atoms with Crippen molar-refractivity contribution in [3.05, 3.63) is 77.7 Å². The van der Waals surface area contributed by atoms with Crippen LogP contribution in [0.1, 0.15) is 16.8 Å². The molecule has 0 saturated heterocycles. The molecule has 0 bridgehead atoms. The molecule has 6 heteroatoms. The zero-order valence-corrected chi connectivity index (χ0v) is 15.8. The van der Waals surface area contributed by atoms with Crippen molar-refractivity contribution in [3.63, 3.8) is 0 Å². The van der Waals surface area contributed by atoms with Crippen molar-refractivity contribution in [2.24, 2.45) is 0 Å². The van der Waals surface area contributed by atoms with Crippen LogP contribution in [0.15, 0.2) is 60.9 Å². The van der Waals surface area contributed by atoms with E-state index in [9.17, 15) is 0 Å². The van der Waals surface area contributed by atoms with Crippen molar-refractivity contribution in [2.45, 2.75) is 20.4 Å². The molecule has 0 aliphatic rings. The third-order valence-electron chi connectivity index (χ3n) is 4.46. The summed E-state index contributed by atoms with van der Waals surface area (Å²) in [6, 6.07) is 18.0. The third-order valence-corrected chi connectivity index (χ3v) is 4.46. The lowest BCUT2D eigenvalue weighted by Gasteiger charge is -2.13. The fourth-order valence-corrected chi connectivity index (χ4v) is 2.90. The first-order chi connectivity index (χ1) is 13.6. The maximum Gasteiger partial charge on any atom is 0.248 e. The zero-order chi connectivity index (χ0) is 19.5. The SMILES string of the molecule is Cc1ccc(CNc2ncnc(Oc3cccc4ccc(C)nc34)c2N)cc1. The lowest BCUT2D eigenvalue weighted by Crippen LogP contribution is -2.07. The zero-order valence-electron chi connectivity index (χ0n) is 15.8. The molecule has 0 spiro atoms. The highest BCUT2D eigenvalue weighted by atomic mass is 16.5. The van der Waals surface area contributed by atoms with Gasteiger partial charge in [-0.05, 0) is 31.5 Å². The van der Waals surface area contributed by atoms with E-state index in [1.165, 1.54) is 11.9 Å². The highest BCUT2D eigenvalue weighted by molar-refractivity contribution is 5.85. The van der Waals surface area contributed by atoms with Gasteiger partial charge in [0, 0.05) is 17.6 Å². The molecule has 0 atom stereocenters. The van der Waals surface area contributed by atoms with Crippen molar-refractivity contribution in [2.75, 3.05) is 11.1 Å². The van der Waals surface area contributed by atoms with Crippen LogP contribution in [-0.2, 0) is 6.54 Å². The Bertz CT molecular complexity index is 1130. The number of pyridine rings is 1. The summed E-state index contributed by atoms with van der Waals surface area (Å²) >= 11 is 0. The summed E-state index contributed by atoms with van der Waals surface area (Å²) in [5.74, 6) is 1.45. The normalized spacial score (nSPS) is 10.8. The number of hydrogen-bond donors (Lipinski definition) is 2. The maximum atomic E-state index is 6.26. The number of hydrogen-bond acceptors (Lipinski definition) is 6. The summed E-state index contributed by atoms with van der Waals surface area (Å²) in [6.45, 7) is 4.62. The molecule has 140 valence electrons. The number of anilines is 2. The van der Waals surface area contributed by atoms with Gasteiger partial charge in [-0.25, -0.2) is 9.97 Å². The van der Waals surface area contributed by atoms with Gasteiger partial charge in [0.25, 0.3) is 0 Å². The molecule has 2 aromatic heterocycles. The average molecular weight is 371 g/mol. The minimum Gasteiger partial charge on any atom is -0.435 e. The van der Waals surface area contributed by atoms with Crippen LogP contribution in [0.5, 0.6) is 11.6 Å². The predicted octanol–water partition coefficient (Wildman–Crippen LogP) is 4.63. The molecule has 4 rings (SSSR count). The quantitative estimate of drug-likeness (QED) is 0.532.